The summed E-state index contributed by atoms with van der Waals surface area (Å²) in [4.78, 5) is 22.3. The zero-order chi connectivity index (χ0) is 15.4. The van der Waals surface area contributed by atoms with Crippen molar-refractivity contribution in [3.05, 3.63) is 63.7 Å². The predicted molar refractivity (Wildman–Crippen MR) is 73.9 cm³/mol. The molecule has 7 nitrogen and oxygen atoms in total. The highest BCUT2D eigenvalue weighted by Crippen LogP contribution is 2.24. The number of nitro groups is 1. The number of nitriles is 1. The largest absolute Gasteiger partial charge is 0.508 e. The number of aromatic hydroxyl groups is 1. The fourth-order valence-electron chi connectivity index (χ4n) is 1.73. The molecule has 0 fully saturated rings. The molecule has 0 saturated heterocycles. The van der Waals surface area contributed by atoms with Crippen LogP contribution in [-0.2, 0) is 0 Å². The van der Waals surface area contributed by atoms with Crippen LogP contribution in [0.15, 0.2) is 42.5 Å². The van der Waals surface area contributed by atoms with Crippen molar-refractivity contribution >= 4 is 17.3 Å². The van der Waals surface area contributed by atoms with Crippen LogP contribution in [0.1, 0.15) is 15.9 Å². The molecule has 104 valence electrons. The number of phenols is 1. The van der Waals surface area contributed by atoms with Crippen LogP contribution in [0.2, 0.25) is 0 Å². The summed E-state index contributed by atoms with van der Waals surface area (Å²) in [5.41, 5.74) is -0.000928. The lowest BCUT2D eigenvalue weighted by Crippen LogP contribution is -2.14. The number of amides is 1. The Morgan fingerprint density at radius 2 is 2.05 bits per heavy atom. The van der Waals surface area contributed by atoms with Gasteiger partial charge in [0.2, 0.25) is 0 Å². The van der Waals surface area contributed by atoms with Gasteiger partial charge in [-0.15, -0.1) is 0 Å². The molecule has 2 rings (SSSR count). The van der Waals surface area contributed by atoms with Gasteiger partial charge in [0.15, 0.2) is 0 Å². The Morgan fingerprint density at radius 1 is 1.29 bits per heavy atom. The fourth-order valence-corrected chi connectivity index (χ4v) is 1.73. The average Bonchev–Trinajstić information content (AvgIpc) is 2.47. The Hall–Kier alpha value is -3.40. The van der Waals surface area contributed by atoms with Gasteiger partial charge in [-0.3, -0.25) is 14.9 Å². The number of phenolic OH excluding ortho intramolecular Hbond substituents is 1. The van der Waals surface area contributed by atoms with Crippen LogP contribution >= 0.6 is 0 Å². The van der Waals surface area contributed by atoms with Gasteiger partial charge in [-0.05, 0) is 30.3 Å². The molecule has 0 aliphatic rings. The second-order valence-electron chi connectivity index (χ2n) is 4.11. The van der Waals surface area contributed by atoms with E-state index in [-0.39, 0.29) is 11.3 Å². The number of nitro benzene ring substituents is 1. The number of benzene rings is 2. The zero-order valence-electron chi connectivity index (χ0n) is 10.6. The maximum atomic E-state index is 12.1. The summed E-state index contributed by atoms with van der Waals surface area (Å²) in [6, 6.07) is 11.2. The first-order chi connectivity index (χ1) is 10.0. The van der Waals surface area contributed by atoms with E-state index in [9.17, 15) is 20.0 Å². The first kappa shape index (κ1) is 14.0. The van der Waals surface area contributed by atoms with Gasteiger partial charge in [0.1, 0.15) is 11.3 Å². The third-order valence-corrected chi connectivity index (χ3v) is 2.67. The normalized spacial score (nSPS) is 9.67. The summed E-state index contributed by atoms with van der Waals surface area (Å²) in [6.07, 6.45) is 0. The Bertz CT molecular complexity index is 765. The van der Waals surface area contributed by atoms with E-state index in [4.69, 9.17) is 5.26 Å². The molecule has 0 aliphatic heterocycles. The molecule has 2 aromatic rings. The summed E-state index contributed by atoms with van der Waals surface area (Å²) >= 11 is 0. The van der Waals surface area contributed by atoms with Crippen LogP contribution in [0, 0.1) is 21.4 Å². The van der Waals surface area contributed by atoms with E-state index in [2.05, 4.69) is 5.32 Å². The van der Waals surface area contributed by atoms with Gasteiger partial charge >= 0.3 is 0 Å². The summed E-state index contributed by atoms with van der Waals surface area (Å²) in [5, 5.41) is 31.5. The maximum Gasteiger partial charge on any atom is 0.282 e. The zero-order valence-corrected chi connectivity index (χ0v) is 10.6. The van der Waals surface area contributed by atoms with E-state index in [1.165, 1.54) is 6.07 Å². The highest BCUT2D eigenvalue weighted by atomic mass is 16.6. The predicted octanol–water partition coefficient (Wildman–Crippen LogP) is 2.42. The lowest BCUT2D eigenvalue weighted by atomic mass is 10.1. The lowest BCUT2D eigenvalue weighted by molar-refractivity contribution is -0.385. The third kappa shape index (κ3) is 3.13. The Kier molecular flexibility index (Phi) is 3.81. The van der Waals surface area contributed by atoms with Crippen LogP contribution < -0.4 is 5.32 Å². The van der Waals surface area contributed by atoms with Crippen molar-refractivity contribution < 1.29 is 14.8 Å². The fraction of sp³-hybridized carbons (Fsp3) is 0. The van der Waals surface area contributed by atoms with Crippen LogP contribution in [-0.4, -0.2) is 15.9 Å². The van der Waals surface area contributed by atoms with Gasteiger partial charge in [0, 0.05) is 11.8 Å². The molecule has 7 heteroatoms. The van der Waals surface area contributed by atoms with Crippen LogP contribution in [0.4, 0.5) is 11.4 Å². The van der Waals surface area contributed by atoms with Gasteiger partial charge in [0.05, 0.1) is 16.6 Å². The number of nitrogens with zero attached hydrogens (tertiary/aromatic N) is 2. The molecular formula is C14H9N3O4. The van der Waals surface area contributed by atoms with Gasteiger partial charge in [-0.2, -0.15) is 5.26 Å². The number of carbonyl (C=O) groups excluding carboxylic acids is 1. The standard InChI is InChI=1S/C14H9N3O4/c15-8-9-2-1-3-10(6-9)16-14(19)12-7-11(18)4-5-13(12)17(20)21/h1-7,18H,(H,16,19). The number of anilines is 1. The van der Waals surface area contributed by atoms with E-state index in [0.29, 0.717) is 11.3 Å². The molecule has 0 saturated carbocycles. The highest BCUT2D eigenvalue weighted by Gasteiger charge is 2.20. The van der Waals surface area contributed by atoms with E-state index in [1.807, 2.05) is 6.07 Å². The number of hydrogen-bond acceptors (Lipinski definition) is 5. The van der Waals surface area contributed by atoms with Crippen molar-refractivity contribution in [3.63, 3.8) is 0 Å². The minimum Gasteiger partial charge on any atom is -0.508 e. The van der Waals surface area contributed by atoms with Crippen molar-refractivity contribution in [2.75, 3.05) is 5.32 Å². The van der Waals surface area contributed by atoms with E-state index in [0.717, 1.165) is 18.2 Å². The summed E-state index contributed by atoms with van der Waals surface area (Å²) in [7, 11) is 0. The lowest BCUT2D eigenvalue weighted by Gasteiger charge is -2.06. The topological polar surface area (TPSA) is 116 Å². The molecule has 0 unspecified atom stereocenters. The Balaban J connectivity index is 2.34. The van der Waals surface area contributed by atoms with Gasteiger partial charge < -0.3 is 10.4 Å². The summed E-state index contributed by atoms with van der Waals surface area (Å²) < 4.78 is 0. The quantitative estimate of drug-likeness (QED) is 0.662. The second kappa shape index (κ2) is 5.71. The minimum absolute atomic E-state index is 0.253. The third-order valence-electron chi connectivity index (χ3n) is 2.67. The van der Waals surface area contributed by atoms with E-state index >= 15 is 0 Å². The first-order valence-electron chi connectivity index (χ1n) is 5.80. The van der Waals surface area contributed by atoms with Crippen molar-refractivity contribution in [3.8, 4) is 11.8 Å². The van der Waals surface area contributed by atoms with Gasteiger partial charge in [0.25, 0.3) is 11.6 Å². The Labute approximate surface area is 119 Å². The molecule has 0 atom stereocenters. The van der Waals surface area contributed by atoms with Crippen LogP contribution in [0.5, 0.6) is 5.75 Å². The monoisotopic (exact) mass is 283 g/mol. The first-order valence-corrected chi connectivity index (χ1v) is 5.80. The maximum absolute atomic E-state index is 12.1. The van der Waals surface area contributed by atoms with Crippen LogP contribution in [0.3, 0.4) is 0 Å². The van der Waals surface area contributed by atoms with Gasteiger partial charge in [-0.25, -0.2) is 0 Å². The molecule has 0 radical (unpaired) electrons. The van der Waals surface area contributed by atoms with Crippen molar-refractivity contribution in [1.29, 1.82) is 5.26 Å². The number of hydrogen-bond donors (Lipinski definition) is 2. The van der Waals surface area contributed by atoms with Crippen LogP contribution in [0.25, 0.3) is 0 Å². The molecule has 2 aromatic carbocycles. The molecule has 0 bridgehead atoms. The van der Waals surface area contributed by atoms with Crippen molar-refractivity contribution in [1.82, 2.24) is 0 Å². The molecular weight excluding hydrogens is 274 g/mol. The molecule has 2 N–H and O–H groups in total. The minimum atomic E-state index is -0.743. The summed E-state index contributed by atoms with van der Waals surface area (Å²) in [6.45, 7) is 0. The average molecular weight is 283 g/mol. The van der Waals surface area contributed by atoms with E-state index in [1.54, 1.807) is 18.2 Å². The SMILES string of the molecule is N#Cc1cccc(NC(=O)c2cc(O)ccc2[N+](=O)[O-])c1. The molecule has 0 spiro atoms. The number of carbonyl (C=O) groups is 1. The second-order valence-corrected chi connectivity index (χ2v) is 4.11. The molecule has 0 heterocycles. The van der Waals surface area contributed by atoms with Gasteiger partial charge in [-0.1, -0.05) is 6.07 Å². The number of nitrogens with one attached hydrogen (secondary N) is 1. The molecule has 1 amide bonds. The highest BCUT2D eigenvalue weighted by molar-refractivity contribution is 6.07. The number of rotatable bonds is 3. The molecule has 0 aromatic heterocycles. The van der Waals surface area contributed by atoms with Crippen molar-refractivity contribution in [2.24, 2.45) is 0 Å². The van der Waals surface area contributed by atoms with Crippen molar-refractivity contribution in [2.45, 2.75) is 0 Å². The molecule has 0 aliphatic carbocycles. The Morgan fingerprint density at radius 3 is 2.71 bits per heavy atom. The summed E-state index contributed by atoms with van der Waals surface area (Å²) in [5.74, 6) is -0.996. The smallest absolute Gasteiger partial charge is 0.282 e. The van der Waals surface area contributed by atoms with E-state index < -0.39 is 16.5 Å². The molecule has 21 heavy (non-hydrogen) atoms.